The highest BCUT2D eigenvalue weighted by Gasteiger charge is 2.42. The predicted octanol–water partition coefficient (Wildman–Crippen LogP) is 1.59. The lowest BCUT2D eigenvalue weighted by Crippen LogP contribution is -2.51. The van der Waals surface area contributed by atoms with Crippen molar-refractivity contribution in [3.63, 3.8) is 0 Å². The predicted molar refractivity (Wildman–Crippen MR) is 74.5 cm³/mol. The number of piperidine rings is 1. The van der Waals surface area contributed by atoms with Crippen molar-refractivity contribution in [1.82, 2.24) is 10.2 Å². The number of likely N-dealkylation sites (tertiary alicyclic amines) is 1. The van der Waals surface area contributed by atoms with Crippen molar-refractivity contribution in [1.29, 1.82) is 5.26 Å². The molecule has 0 aromatic carbocycles. The molecule has 1 heterocycles. The fraction of sp³-hybridized carbons (Fsp3) is 0.800. The summed E-state index contributed by atoms with van der Waals surface area (Å²) in [6.07, 6.45) is 6.29. The highest BCUT2D eigenvalue weighted by Crippen LogP contribution is 2.37. The van der Waals surface area contributed by atoms with Crippen LogP contribution in [0.4, 0.5) is 0 Å². The normalized spacial score (nSPS) is 22.9. The Kier molecular flexibility index (Phi) is 4.64. The van der Waals surface area contributed by atoms with Crippen LogP contribution in [0.5, 0.6) is 0 Å². The first-order valence-corrected chi connectivity index (χ1v) is 7.60. The van der Waals surface area contributed by atoms with Crippen LogP contribution in [0.2, 0.25) is 0 Å². The van der Waals surface area contributed by atoms with Gasteiger partial charge in [-0.15, -0.1) is 0 Å². The number of nitrogens with zero attached hydrogens (tertiary/aromatic N) is 2. The number of carbonyl (C=O) groups excluding carboxylic acids is 2. The van der Waals surface area contributed by atoms with Gasteiger partial charge in [-0.2, -0.15) is 5.26 Å². The van der Waals surface area contributed by atoms with Crippen LogP contribution >= 0.6 is 0 Å². The van der Waals surface area contributed by atoms with Crippen LogP contribution in [0.1, 0.15) is 51.9 Å². The van der Waals surface area contributed by atoms with E-state index in [1.165, 1.54) is 6.42 Å². The van der Waals surface area contributed by atoms with Crippen LogP contribution in [-0.2, 0) is 9.59 Å². The Bertz CT molecular complexity index is 415. The lowest BCUT2D eigenvalue weighted by molar-refractivity contribution is -0.138. The molecule has 5 heteroatoms. The molecule has 0 aromatic heterocycles. The summed E-state index contributed by atoms with van der Waals surface area (Å²) in [7, 11) is 0. The van der Waals surface area contributed by atoms with Gasteiger partial charge in [-0.25, -0.2) is 0 Å². The Hall–Kier alpha value is -1.57. The van der Waals surface area contributed by atoms with Crippen molar-refractivity contribution in [3.8, 4) is 6.07 Å². The van der Waals surface area contributed by atoms with Gasteiger partial charge in [0.05, 0.1) is 6.07 Å². The summed E-state index contributed by atoms with van der Waals surface area (Å²) in [6, 6.07) is 1.63. The molecule has 1 saturated heterocycles. The number of hydrogen-bond donors (Lipinski definition) is 1. The minimum absolute atomic E-state index is 0.0239. The Morgan fingerprint density at radius 1 is 1.15 bits per heavy atom. The molecule has 2 aliphatic rings. The Balaban J connectivity index is 1.93. The first-order valence-electron chi connectivity index (χ1n) is 7.60. The maximum absolute atomic E-state index is 12.3. The molecule has 5 nitrogen and oxygen atoms in total. The minimum Gasteiger partial charge on any atom is -0.343 e. The van der Waals surface area contributed by atoms with Gasteiger partial charge in [0.1, 0.15) is 11.5 Å². The Labute approximate surface area is 120 Å². The molecule has 1 saturated carbocycles. The van der Waals surface area contributed by atoms with E-state index in [0.29, 0.717) is 12.8 Å². The number of nitriles is 1. The van der Waals surface area contributed by atoms with Gasteiger partial charge in [0, 0.05) is 13.1 Å². The topological polar surface area (TPSA) is 73.2 Å². The Morgan fingerprint density at radius 3 is 2.30 bits per heavy atom. The molecule has 1 N–H and O–H groups in total. The van der Waals surface area contributed by atoms with Crippen LogP contribution in [0.25, 0.3) is 0 Å². The average Bonchev–Trinajstić information content (AvgIpc) is 2.97. The number of rotatable bonds is 3. The smallest absolute Gasteiger partial charge is 0.244 e. The molecule has 0 spiro atoms. The molecule has 0 radical (unpaired) electrons. The van der Waals surface area contributed by atoms with Gasteiger partial charge < -0.3 is 10.2 Å². The summed E-state index contributed by atoms with van der Waals surface area (Å²) in [6.45, 7) is 3.28. The van der Waals surface area contributed by atoms with Crippen molar-refractivity contribution >= 4 is 11.8 Å². The van der Waals surface area contributed by atoms with Crippen LogP contribution in [0, 0.1) is 16.7 Å². The lowest BCUT2D eigenvalue weighted by Gasteiger charge is -2.30. The molecule has 2 fully saturated rings. The third-order valence-electron chi connectivity index (χ3n) is 4.49. The van der Waals surface area contributed by atoms with Gasteiger partial charge in [-0.05, 0) is 39.0 Å². The number of hydrogen-bond acceptors (Lipinski definition) is 3. The second-order valence-corrected chi connectivity index (χ2v) is 5.98. The van der Waals surface area contributed by atoms with Crippen LogP contribution in [0.15, 0.2) is 0 Å². The highest BCUT2D eigenvalue weighted by molar-refractivity contribution is 5.91. The second-order valence-electron chi connectivity index (χ2n) is 5.98. The van der Waals surface area contributed by atoms with Gasteiger partial charge in [-0.3, -0.25) is 9.59 Å². The number of amides is 2. The summed E-state index contributed by atoms with van der Waals surface area (Å²) in [4.78, 5) is 26.4. The van der Waals surface area contributed by atoms with Crippen molar-refractivity contribution in [3.05, 3.63) is 0 Å². The van der Waals surface area contributed by atoms with Crippen molar-refractivity contribution < 1.29 is 9.59 Å². The monoisotopic (exact) mass is 277 g/mol. The maximum atomic E-state index is 12.3. The molecule has 0 bridgehead atoms. The molecule has 2 rings (SSSR count). The fourth-order valence-corrected chi connectivity index (χ4v) is 3.15. The first-order chi connectivity index (χ1) is 9.59. The standard InChI is InChI=1S/C15H23N3O2/c1-12(13(19)18-9-5-2-6-10-18)17-14(20)15(11-16)7-3-4-8-15/h12H,2-10H2,1H3,(H,17,20). The van der Waals surface area contributed by atoms with Crippen molar-refractivity contribution in [2.24, 2.45) is 5.41 Å². The lowest BCUT2D eigenvalue weighted by atomic mass is 9.87. The van der Waals surface area contributed by atoms with Gasteiger partial charge in [0.25, 0.3) is 0 Å². The third-order valence-corrected chi connectivity index (χ3v) is 4.49. The fourth-order valence-electron chi connectivity index (χ4n) is 3.15. The summed E-state index contributed by atoms with van der Waals surface area (Å²) < 4.78 is 0. The molecule has 1 aliphatic carbocycles. The van der Waals surface area contributed by atoms with Crippen LogP contribution < -0.4 is 5.32 Å². The third kappa shape index (κ3) is 2.95. The minimum atomic E-state index is -0.906. The van der Waals surface area contributed by atoms with E-state index in [9.17, 15) is 14.9 Å². The molecule has 1 aliphatic heterocycles. The van der Waals surface area contributed by atoms with Gasteiger partial charge >= 0.3 is 0 Å². The average molecular weight is 277 g/mol. The molecule has 110 valence electrons. The molecular weight excluding hydrogens is 254 g/mol. The highest BCUT2D eigenvalue weighted by atomic mass is 16.2. The maximum Gasteiger partial charge on any atom is 0.244 e. The van der Waals surface area contributed by atoms with E-state index in [0.717, 1.165) is 38.8 Å². The summed E-state index contributed by atoms with van der Waals surface area (Å²) in [5.41, 5.74) is -0.906. The van der Waals surface area contributed by atoms with Crippen LogP contribution in [-0.4, -0.2) is 35.8 Å². The zero-order valence-corrected chi connectivity index (χ0v) is 12.2. The number of carbonyl (C=O) groups is 2. The molecule has 20 heavy (non-hydrogen) atoms. The molecular formula is C15H23N3O2. The zero-order chi connectivity index (χ0) is 14.6. The summed E-state index contributed by atoms with van der Waals surface area (Å²) in [5, 5.41) is 12.0. The van der Waals surface area contributed by atoms with E-state index >= 15 is 0 Å². The van der Waals surface area contributed by atoms with E-state index in [4.69, 9.17) is 0 Å². The van der Waals surface area contributed by atoms with E-state index in [1.54, 1.807) is 6.92 Å². The zero-order valence-electron chi connectivity index (χ0n) is 12.2. The van der Waals surface area contributed by atoms with E-state index in [1.807, 2.05) is 4.90 Å². The molecule has 2 amide bonds. The quantitative estimate of drug-likeness (QED) is 0.851. The molecule has 1 unspecified atom stereocenters. The van der Waals surface area contributed by atoms with E-state index in [-0.39, 0.29) is 11.8 Å². The molecule has 0 aromatic rings. The van der Waals surface area contributed by atoms with Crippen LogP contribution in [0.3, 0.4) is 0 Å². The summed E-state index contributed by atoms with van der Waals surface area (Å²) in [5.74, 6) is -0.292. The number of nitrogens with one attached hydrogen (secondary N) is 1. The Morgan fingerprint density at radius 2 is 1.75 bits per heavy atom. The van der Waals surface area contributed by atoms with Gasteiger partial charge in [0.2, 0.25) is 11.8 Å². The summed E-state index contributed by atoms with van der Waals surface area (Å²) >= 11 is 0. The largest absolute Gasteiger partial charge is 0.343 e. The second kappa shape index (κ2) is 6.25. The molecule has 1 atom stereocenters. The first kappa shape index (κ1) is 14.8. The SMILES string of the molecule is CC(NC(=O)C1(C#N)CCCC1)C(=O)N1CCCCC1. The van der Waals surface area contributed by atoms with Gasteiger partial charge in [-0.1, -0.05) is 12.8 Å². The van der Waals surface area contributed by atoms with E-state index in [2.05, 4.69) is 11.4 Å². The van der Waals surface area contributed by atoms with Crippen molar-refractivity contribution in [2.45, 2.75) is 57.9 Å². The van der Waals surface area contributed by atoms with E-state index < -0.39 is 11.5 Å². The van der Waals surface area contributed by atoms with Crippen molar-refractivity contribution in [2.75, 3.05) is 13.1 Å². The van der Waals surface area contributed by atoms with Gasteiger partial charge in [0.15, 0.2) is 0 Å².